The third kappa shape index (κ3) is 2.36. The van der Waals surface area contributed by atoms with E-state index in [0.29, 0.717) is 18.1 Å². The van der Waals surface area contributed by atoms with Gasteiger partial charge in [0.2, 0.25) is 0 Å². The minimum Gasteiger partial charge on any atom is -0.395 e. The van der Waals surface area contributed by atoms with Crippen LogP contribution in [-0.4, -0.2) is 35.2 Å². The molecule has 1 aliphatic heterocycles. The molecule has 2 aliphatic rings. The first-order valence-electron chi connectivity index (χ1n) is 6.38. The molecule has 3 atom stereocenters. The first-order valence-corrected chi connectivity index (χ1v) is 6.38. The number of rotatable bonds is 2. The summed E-state index contributed by atoms with van der Waals surface area (Å²) in [5, 5.41) is 9.45. The van der Waals surface area contributed by atoms with Crippen LogP contribution in [0.2, 0.25) is 0 Å². The van der Waals surface area contributed by atoms with E-state index in [0.717, 1.165) is 18.5 Å². The minimum atomic E-state index is 0.350. The zero-order valence-electron chi connectivity index (χ0n) is 10.4. The average Bonchev–Trinajstić information content (AvgIpc) is 2.65. The van der Waals surface area contributed by atoms with Gasteiger partial charge in [-0.15, -0.1) is 0 Å². The first kappa shape index (κ1) is 11.4. The van der Waals surface area contributed by atoms with Crippen LogP contribution in [0.4, 0.5) is 0 Å². The molecule has 2 rings (SSSR count). The Balaban J connectivity index is 2.05. The molecule has 1 aliphatic carbocycles. The predicted molar refractivity (Wildman–Crippen MR) is 62.8 cm³/mol. The topological polar surface area (TPSA) is 23.5 Å². The van der Waals surface area contributed by atoms with Crippen LogP contribution in [0, 0.1) is 11.3 Å². The Labute approximate surface area is 93.7 Å². The van der Waals surface area contributed by atoms with E-state index in [1.54, 1.807) is 0 Å². The second-order valence-corrected chi connectivity index (χ2v) is 6.56. The maximum absolute atomic E-state index is 9.45. The second-order valence-electron chi connectivity index (χ2n) is 6.56. The fourth-order valence-corrected chi connectivity index (χ4v) is 3.46. The van der Waals surface area contributed by atoms with Crippen LogP contribution in [0.3, 0.4) is 0 Å². The molecule has 1 heterocycles. The van der Waals surface area contributed by atoms with Gasteiger partial charge >= 0.3 is 0 Å². The molecular weight excluding hydrogens is 186 g/mol. The molecule has 0 spiro atoms. The van der Waals surface area contributed by atoms with Crippen molar-refractivity contribution in [2.45, 2.75) is 58.5 Å². The Morgan fingerprint density at radius 3 is 2.60 bits per heavy atom. The van der Waals surface area contributed by atoms with Crippen molar-refractivity contribution in [2.75, 3.05) is 13.2 Å². The summed E-state index contributed by atoms with van der Waals surface area (Å²) >= 11 is 0. The van der Waals surface area contributed by atoms with Crippen LogP contribution in [-0.2, 0) is 0 Å². The molecule has 2 fully saturated rings. The molecule has 0 radical (unpaired) electrons. The van der Waals surface area contributed by atoms with Crippen LogP contribution in [0.5, 0.6) is 0 Å². The smallest absolute Gasteiger partial charge is 0.0587 e. The summed E-state index contributed by atoms with van der Waals surface area (Å²) in [5.74, 6) is 0.879. The molecular formula is C13H25NO. The quantitative estimate of drug-likeness (QED) is 0.757. The van der Waals surface area contributed by atoms with Crippen molar-refractivity contribution in [3.05, 3.63) is 0 Å². The van der Waals surface area contributed by atoms with E-state index in [4.69, 9.17) is 0 Å². The third-order valence-electron chi connectivity index (χ3n) is 3.96. The van der Waals surface area contributed by atoms with Gasteiger partial charge in [0, 0.05) is 18.6 Å². The Morgan fingerprint density at radius 2 is 2.00 bits per heavy atom. The fourth-order valence-electron chi connectivity index (χ4n) is 3.46. The summed E-state index contributed by atoms with van der Waals surface area (Å²) in [5.41, 5.74) is 0.352. The summed E-state index contributed by atoms with van der Waals surface area (Å²) in [7, 11) is 0. The van der Waals surface area contributed by atoms with Gasteiger partial charge in [-0.2, -0.15) is 0 Å². The summed E-state index contributed by atoms with van der Waals surface area (Å²) < 4.78 is 0. The molecule has 1 N–H and O–H groups in total. The van der Waals surface area contributed by atoms with Crippen LogP contribution in [0.25, 0.3) is 0 Å². The van der Waals surface area contributed by atoms with Gasteiger partial charge in [0.05, 0.1) is 6.61 Å². The lowest BCUT2D eigenvalue weighted by molar-refractivity contribution is 0.0912. The van der Waals surface area contributed by atoms with Crippen LogP contribution >= 0.6 is 0 Å². The van der Waals surface area contributed by atoms with E-state index >= 15 is 0 Å². The van der Waals surface area contributed by atoms with E-state index in [1.807, 2.05) is 0 Å². The Hall–Kier alpha value is -0.0800. The van der Waals surface area contributed by atoms with Crippen LogP contribution < -0.4 is 0 Å². The highest BCUT2D eigenvalue weighted by atomic mass is 16.3. The molecule has 1 saturated heterocycles. The van der Waals surface area contributed by atoms with Crippen molar-refractivity contribution < 1.29 is 5.11 Å². The Morgan fingerprint density at radius 1 is 1.27 bits per heavy atom. The fraction of sp³-hybridized carbons (Fsp3) is 1.00. The van der Waals surface area contributed by atoms with Crippen LogP contribution in [0.15, 0.2) is 0 Å². The SMILES string of the molecule is CC(C)(C)CN1[C@@H](CO)C[C@H]2CCC[C@H]21. The first-order chi connectivity index (χ1) is 7.01. The molecule has 0 amide bonds. The number of likely N-dealkylation sites (tertiary alicyclic amines) is 1. The predicted octanol–water partition coefficient (Wildman–Crippen LogP) is 2.27. The lowest BCUT2D eigenvalue weighted by Gasteiger charge is -2.34. The van der Waals surface area contributed by atoms with E-state index in [9.17, 15) is 5.11 Å². The summed E-state index contributed by atoms with van der Waals surface area (Å²) in [6.45, 7) is 8.37. The van der Waals surface area contributed by atoms with Gasteiger partial charge in [-0.1, -0.05) is 27.2 Å². The Kier molecular flexibility index (Phi) is 3.09. The minimum absolute atomic E-state index is 0.350. The summed E-state index contributed by atoms with van der Waals surface area (Å²) in [6, 6.07) is 1.22. The number of aliphatic hydroxyl groups is 1. The molecule has 15 heavy (non-hydrogen) atoms. The zero-order valence-corrected chi connectivity index (χ0v) is 10.4. The van der Waals surface area contributed by atoms with Gasteiger partial charge in [0.1, 0.15) is 0 Å². The van der Waals surface area contributed by atoms with Gasteiger partial charge in [-0.25, -0.2) is 0 Å². The summed E-state index contributed by atoms with van der Waals surface area (Å²) in [6.07, 6.45) is 5.38. The van der Waals surface area contributed by atoms with E-state index in [-0.39, 0.29) is 0 Å². The largest absolute Gasteiger partial charge is 0.395 e. The van der Waals surface area contributed by atoms with Gasteiger partial charge in [0.25, 0.3) is 0 Å². The zero-order chi connectivity index (χ0) is 11.1. The van der Waals surface area contributed by atoms with Crippen molar-refractivity contribution >= 4 is 0 Å². The monoisotopic (exact) mass is 211 g/mol. The molecule has 0 bridgehead atoms. The molecule has 0 unspecified atom stereocenters. The van der Waals surface area contributed by atoms with Gasteiger partial charge in [-0.3, -0.25) is 4.90 Å². The molecule has 2 heteroatoms. The Bertz CT molecular complexity index is 221. The second kappa shape index (κ2) is 4.06. The number of fused-ring (bicyclic) bond motifs is 1. The maximum Gasteiger partial charge on any atom is 0.0587 e. The van der Waals surface area contributed by atoms with Crippen molar-refractivity contribution in [1.29, 1.82) is 0 Å². The molecule has 1 saturated carbocycles. The molecule has 0 aromatic rings. The van der Waals surface area contributed by atoms with Crippen LogP contribution in [0.1, 0.15) is 46.5 Å². The van der Waals surface area contributed by atoms with E-state index in [2.05, 4.69) is 25.7 Å². The highest BCUT2D eigenvalue weighted by Gasteiger charge is 2.43. The lowest BCUT2D eigenvalue weighted by Crippen LogP contribution is -2.43. The van der Waals surface area contributed by atoms with E-state index in [1.165, 1.54) is 25.7 Å². The number of aliphatic hydroxyl groups excluding tert-OH is 1. The maximum atomic E-state index is 9.45. The van der Waals surface area contributed by atoms with Crippen molar-refractivity contribution in [3.8, 4) is 0 Å². The van der Waals surface area contributed by atoms with Crippen molar-refractivity contribution in [2.24, 2.45) is 11.3 Å². The van der Waals surface area contributed by atoms with Gasteiger partial charge in [0.15, 0.2) is 0 Å². The number of hydrogen-bond acceptors (Lipinski definition) is 2. The van der Waals surface area contributed by atoms with Gasteiger partial charge in [-0.05, 0) is 30.6 Å². The standard InChI is InChI=1S/C13H25NO/c1-13(2,3)9-14-11(8-15)7-10-5-4-6-12(10)14/h10-12,15H,4-9H2,1-3H3/t10-,11-,12-/m1/s1. The van der Waals surface area contributed by atoms with Gasteiger partial charge < -0.3 is 5.11 Å². The van der Waals surface area contributed by atoms with Crippen molar-refractivity contribution in [1.82, 2.24) is 4.90 Å². The highest BCUT2D eigenvalue weighted by molar-refractivity contribution is 4.98. The van der Waals surface area contributed by atoms with E-state index < -0.39 is 0 Å². The summed E-state index contributed by atoms with van der Waals surface area (Å²) in [4.78, 5) is 2.59. The van der Waals surface area contributed by atoms with Crippen molar-refractivity contribution in [3.63, 3.8) is 0 Å². The molecule has 2 nitrogen and oxygen atoms in total. The lowest BCUT2D eigenvalue weighted by atomic mass is 9.95. The number of hydrogen-bond donors (Lipinski definition) is 1. The average molecular weight is 211 g/mol. The number of nitrogens with zero attached hydrogens (tertiary/aromatic N) is 1. The molecule has 0 aromatic carbocycles. The highest BCUT2D eigenvalue weighted by Crippen LogP contribution is 2.42. The molecule has 88 valence electrons. The normalized spacial score (nSPS) is 37.2. The third-order valence-corrected chi connectivity index (χ3v) is 3.96. The molecule has 0 aromatic heterocycles.